The van der Waals surface area contributed by atoms with Crippen molar-refractivity contribution < 1.29 is 9.53 Å². The fourth-order valence-corrected chi connectivity index (χ4v) is 4.30. The van der Waals surface area contributed by atoms with E-state index in [0.717, 1.165) is 33.4 Å². The van der Waals surface area contributed by atoms with Crippen molar-refractivity contribution in [3.05, 3.63) is 66.1 Å². The number of nitrogens with one attached hydrogen (secondary N) is 1. The maximum absolute atomic E-state index is 11.8. The first-order valence-corrected chi connectivity index (χ1v) is 10.6. The number of terminal acetylenes is 1. The molecule has 1 aliphatic heterocycles. The largest absolute Gasteiger partial charge is 0.486 e. The van der Waals surface area contributed by atoms with Crippen LogP contribution in [0.3, 0.4) is 0 Å². The van der Waals surface area contributed by atoms with Crippen LogP contribution in [-0.4, -0.2) is 45.0 Å². The molecule has 1 atom stereocenters. The van der Waals surface area contributed by atoms with Crippen molar-refractivity contribution in [2.45, 2.75) is 12.5 Å². The topological polar surface area (TPSA) is 71.1 Å². The average molecular weight is 443 g/mol. The van der Waals surface area contributed by atoms with E-state index in [-0.39, 0.29) is 12.0 Å². The number of likely N-dealkylation sites (tertiary alicyclic amines) is 1. The highest BCUT2D eigenvalue weighted by Gasteiger charge is 2.28. The number of hydrogen-bond donors (Lipinski definition) is 1. The van der Waals surface area contributed by atoms with E-state index in [4.69, 9.17) is 22.8 Å². The molecule has 4 heterocycles. The highest BCUT2D eigenvalue weighted by molar-refractivity contribution is 6.31. The molecule has 1 aliphatic rings. The summed E-state index contributed by atoms with van der Waals surface area (Å²) < 4.78 is 6.30. The average Bonchev–Trinajstić information content (AvgIpc) is 3.43. The van der Waals surface area contributed by atoms with Gasteiger partial charge in [0.1, 0.15) is 11.9 Å². The zero-order valence-electron chi connectivity index (χ0n) is 17.1. The number of ether oxygens (including phenoxy) is 1. The Balaban J connectivity index is 1.58. The van der Waals surface area contributed by atoms with Gasteiger partial charge < -0.3 is 14.6 Å². The Morgan fingerprint density at radius 1 is 1.25 bits per heavy atom. The number of aromatic amines is 1. The van der Waals surface area contributed by atoms with E-state index in [1.807, 2.05) is 42.5 Å². The van der Waals surface area contributed by atoms with Crippen molar-refractivity contribution in [2.75, 3.05) is 13.1 Å². The highest BCUT2D eigenvalue weighted by Crippen LogP contribution is 2.41. The number of halogens is 1. The van der Waals surface area contributed by atoms with Crippen LogP contribution in [0.4, 0.5) is 0 Å². The zero-order valence-corrected chi connectivity index (χ0v) is 17.8. The van der Waals surface area contributed by atoms with Gasteiger partial charge in [-0.15, -0.1) is 6.42 Å². The lowest BCUT2D eigenvalue weighted by Gasteiger charge is -2.17. The van der Waals surface area contributed by atoms with E-state index in [0.29, 0.717) is 30.3 Å². The van der Waals surface area contributed by atoms with Crippen LogP contribution >= 0.6 is 11.6 Å². The molecule has 1 amide bonds. The molecule has 7 heteroatoms. The van der Waals surface area contributed by atoms with Gasteiger partial charge >= 0.3 is 0 Å². The van der Waals surface area contributed by atoms with Crippen molar-refractivity contribution in [3.63, 3.8) is 0 Å². The third-order valence-electron chi connectivity index (χ3n) is 5.57. The second-order valence-corrected chi connectivity index (χ2v) is 8.02. The smallest absolute Gasteiger partial charge is 0.298 e. The van der Waals surface area contributed by atoms with Crippen LogP contribution in [0, 0.1) is 12.3 Å². The number of amides is 1. The third-order valence-corrected chi connectivity index (χ3v) is 5.81. The van der Waals surface area contributed by atoms with Gasteiger partial charge in [0.15, 0.2) is 0 Å². The monoisotopic (exact) mass is 442 g/mol. The first-order valence-electron chi connectivity index (χ1n) is 10.2. The molecular weight excluding hydrogens is 424 g/mol. The summed E-state index contributed by atoms with van der Waals surface area (Å²) >= 11 is 6.30. The molecule has 3 aromatic heterocycles. The number of rotatable bonds is 4. The van der Waals surface area contributed by atoms with Gasteiger partial charge in [0, 0.05) is 41.5 Å². The Morgan fingerprint density at radius 3 is 3.00 bits per heavy atom. The Hall–Kier alpha value is -3.82. The minimum absolute atomic E-state index is 0.160. The zero-order chi connectivity index (χ0) is 22.1. The highest BCUT2D eigenvalue weighted by atomic mass is 35.5. The molecule has 0 aliphatic carbocycles. The maximum atomic E-state index is 11.8. The molecule has 6 nitrogen and oxygen atoms in total. The van der Waals surface area contributed by atoms with Gasteiger partial charge in [0.05, 0.1) is 29.5 Å². The summed E-state index contributed by atoms with van der Waals surface area (Å²) in [6.45, 7) is 1.03. The van der Waals surface area contributed by atoms with Gasteiger partial charge in [0.25, 0.3) is 5.91 Å². The lowest BCUT2D eigenvalue weighted by Crippen LogP contribution is -2.29. The molecule has 0 radical (unpaired) electrons. The summed E-state index contributed by atoms with van der Waals surface area (Å²) in [5.41, 5.74) is 5.37. The Kier molecular flexibility index (Phi) is 5.26. The molecule has 4 aromatic rings. The number of benzene rings is 1. The van der Waals surface area contributed by atoms with Gasteiger partial charge in [0.2, 0.25) is 0 Å². The molecule has 1 N–H and O–H groups in total. The molecule has 0 spiro atoms. The van der Waals surface area contributed by atoms with Crippen LogP contribution < -0.4 is 4.74 Å². The number of hydrogen-bond acceptors (Lipinski definition) is 4. The second kappa shape index (κ2) is 8.37. The van der Waals surface area contributed by atoms with Gasteiger partial charge in [-0.3, -0.25) is 14.8 Å². The fraction of sp³-hybridized carbons (Fsp3) is 0.160. The van der Waals surface area contributed by atoms with Crippen LogP contribution in [0.15, 0.2) is 61.1 Å². The number of nitrogens with zero attached hydrogens (tertiary/aromatic N) is 3. The number of fused-ring (bicyclic) bond motifs is 1. The van der Waals surface area contributed by atoms with Crippen LogP contribution in [0.2, 0.25) is 5.02 Å². The Bertz CT molecular complexity index is 1360. The van der Waals surface area contributed by atoms with E-state index in [9.17, 15) is 4.79 Å². The molecule has 1 fully saturated rings. The molecule has 1 aromatic carbocycles. The minimum atomic E-state index is -0.313. The predicted molar refractivity (Wildman–Crippen MR) is 124 cm³/mol. The van der Waals surface area contributed by atoms with Gasteiger partial charge in [-0.2, -0.15) is 0 Å². The maximum Gasteiger partial charge on any atom is 0.298 e. The molecule has 32 heavy (non-hydrogen) atoms. The predicted octanol–water partition coefficient (Wildman–Crippen LogP) is 4.56. The van der Waals surface area contributed by atoms with Crippen LogP contribution in [-0.2, 0) is 4.79 Å². The van der Waals surface area contributed by atoms with Gasteiger partial charge in [-0.05, 0) is 41.8 Å². The Morgan fingerprint density at radius 2 is 2.16 bits per heavy atom. The van der Waals surface area contributed by atoms with Crippen molar-refractivity contribution in [3.8, 4) is 40.5 Å². The van der Waals surface area contributed by atoms with Crippen molar-refractivity contribution >= 4 is 28.5 Å². The number of carbonyl (C=O) groups excluding carboxylic acids is 1. The Labute approximate surface area is 190 Å². The van der Waals surface area contributed by atoms with Crippen molar-refractivity contribution in [1.82, 2.24) is 19.9 Å². The molecule has 1 saturated heterocycles. The number of carbonyl (C=O) groups is 1. The van der Waals surface area contributed by atoms with E-state index in [1.165, 1.54) is 0 Å². The number of pyridine rings is 2. The summed E-state index contributed by atoms with van der Waals surface area (Å²) in [6.07, 6.45) is 11.0. The second-order valence-electron chi connectivity index (χ2n) is 7.58. The first-order chi connectivity index (χ1) is 15.6. The molecule has 0 saturated carbocycles. The van der Waals surface area contributed by atoms with Crippen LogP contribution in [0.25, 0.3) is 33.4 Å². The summed E-state index contributed by atoms with van der Waals surface area (Å²) in [7, 11) is 0. The quantitative estimate of drug-likeness (QED) is 0.470. The molecular formula is C25H19ClN4O2. The minimum Gasteiger partial charge on any atom is -0.486 e. The number of H-pyrrole nitrogens is 1. The number of aromatic nitrogens is 3. The normalized spacial score (nSPS) is 15.6. The summed E-state index contributed by atoms with van der Waals surface area (Å²) in [4.78, 5) is 25.8. The SMILES string of the molecule is C#CC(=O)N1CC[C@@H](Oc2cnccc2-c2[nH]c3cccnc3c2-c2cccc(Cl)c2)C1. The van der Waals surface area contributed by atoms with Crippen molar-refractivity contribution in [2.24, 2.45) is 0 Å². The van der Waals surface area contributed by atoms with Gasteiger partial charge in [-0.1, -0.05) is 23.7 Å². The van der Waals surface area contributed by atoms with Crippen LogP contribution in [0.5, 0.6) is 5.75 Å². The summed E-state index contributed by atoms with van der Waals surface area (Å²) in [6, 6.07) is 13.5. The van der Waals surface area contributed by atoms with Crippen LogP contribution in [0.1, 0.15) is 6.42 Å². The third kappa shape index (κ3) is 3.68. The van der Waals surface area contributed by atoms with Gasteiger partial charge in [-0.25, -0.2) is 0 Å². The lowest BCUT2D eigenvalue weighted by atomic mass is 10.0. The van der Waals surface area contributed by atoms with E-state index in [1.54, 1.807) is 23.5 Å². The fourth-order valence-electron chi connectivity index (χ4n) is 4.11. The van der Waals surface area contributed by atoms with E-state index >= 15 is 0 Å². The summed E-state index contributed by atoms with van der Waals surface area (Å²) in [5.74, 6) is 2.48. The lowest BCUT2D eigenvalue weighted by molar-refractivity contribution is -0.124. The molecule has 5 rings (SSSR count). The molecule has 0 unspecified atom stereocenters. The first kappa shape index (κ1) is 20.1. The van der Waals surface area contributed by atoms with E-state index in [2.05, 4.69) is 20.9 Å². The standard InChI is InChI=1S/C25H19ClN4O2/c1-2-22(31)30-12-9-18(15-30)32-21-14-27-11-8-19(21)24-23(16-5-3-6-17(26)13-16)25-20(29-24)7-4-10-28-25/h1,3-8,10-11,13-14,18,29H,9,12,15H2/t18-/m1/s1. The summed E-state index contributed by atoms with van der Waals surface area (Å²) in [5, 5.41) is 0.647. The molecule has 158 valence electrons. The molecule has 0 bridgehead atoms. The van der Waals surface area contributed by atoms with E-state index < -0.39 is 0 Å². The van der Waals surface area contributed by atoms with Crippen molar-refractivity contribution in [1.29, 1.82) is 0 Å².